The summed E-state index contributed by atoms with van der Waals surface area (Å²) < 4.78 is 0. The molecule has 0 unspecified atom stereocenters. The normalized spacial score (nSPS) is 10.9. The molecule has 0 spiro atoms. The van der Waals surface area contributed by atoms with Gasteiger partial charge < -0.3 is 4.90 Å². The van der Waals surface area contributed by atoms with E-state index in [9.17, 15) is 4.79 Å². The number of benzene rings is 3. The van der Waals surface area contributed by atoms with E-state index in [0.29, 0.717) is 0 Å². The Morgan fingerprint density at radius 2 is 1.00 bits per heavy atom. The van der Waals surface area contributed by atoms with E-state index in [4.69, 9.17) is 0 Å². The van der Waals surface area contributed by atoms with Crippen molar-refractivity contribution in [2.75, 3.05) is 7.05 Å². The maximum absolute atomic E-state index is 11.4. The second kappa shape index (κ2) is 7.33. The molecule has 3 rings (SSSR count). The average Bonchev–Trinajstić information content (AvgIpc) is 2.68. The van der Waals surface area contributed by atoms with Crippen LogP contribution in [0.3, 0.4) is 0 Å². The third-order valence-electron chi connectivity index (χ3n) is 4.01. The summed E-state index contributed by atoms with van der Waals surface area (Å²) in [6, 6.07) is 31.4. The van der Waals surface area contributed by atoms with Crippen LogP contribution in [0.2, 0.25) is 0 Å². The van der Waals surface area contributed by atoms with Crippen molar-refractivity contribution in [1.82, 2.24) is 4.90 Å². The number of hydrogen-bond donors (Lipinski definition) is 0. The van der Waals surface area contributed by atoms with E-state index in [2.05, 4.69) is 78.7 Å². The second-order valence-corrected chi connectivity index (χ2v) is 8.84. The summed E-state index contributed by atoms with van der Waals surface area (Å²) in [5.74, 6) is 2.10. The second-order valence-electron chi connectivity index (χ2n) is 5.62. The van der Waals surface area contributed by atoms with Gasteiger partial charge in [0.15, 0.2) is 0 Å². The molecule has 0 fully saturated rings. The number of carbonyl (C=O) groups excluding carboxylic acids is 1. The molecule has 0 aliphatic carbocycles. The summed E-state index contributed by atoms with van der Waals surface area (Å²) in [4.78, 5) is 13.0. The summed E-state index contributed by atoms with van der Waals surface area (Å²) >= 11 is 0. The molecule has 0 aliphatic rings. The minimum absolute atomic E-state index is 0.865. The van der Waals surface area contributed by atoms with Crippen LogP contribution in [-0.2, 0) is 4.79 Å². The van der Waals surface area contributed by atoms with Crippen LogP contribution in [0.25, 0.3) is 0 Å². The highest BCUT2D eigenvalue weighted by molar-refractivity contribution is 7.94. The van der Waals surface area contributed by atoms with Crippen molar-refractivity contribution < 1.29 is 4.79 Å². The zero-order valence-electron chi connectivity index (χ0n) is 13.6. The van der Waals surface area contributed by atoms with E-state index in [1.54, 1.807) is 11.9 Å². The molecule has 0 heterocycles. The average molecular weight is 333 g/mol. The SMILES string of the molecule is CN(C=O)C=P(c1ccccc1)(c1ccccc1)c1ccccc1. The van der Waals surface area contributed by atoms with E-state index >= 15 is 0 Å². The van der Waals surface area contributed by atoms with Crippen molar-refractivity contribution in [3.05, 3.63) is 91.0 Å². The van der Waals surface area contributed by atoms with Crippen LogP contribution in [0, 0.1) is 0 Å². The van der Waals surface area contributed by atoms with Gasteiger partial charge in [-0.25, -0.2) is 0 Å². The fraction of sp³-hybridized carbons (Fsp3) is 0.0476. The van der Waals surface area contributed by atoms with Gasteiger partial charge in [-0.2, -0.15) is 0 Å². The van der Waals surface area contributed by atoms with Gasteiger partial charge in [0.25, 0.3) is 0 Å². The Kier molecular flexibility index (Phi) is 4.98. The van der Waals surface area contributed by atoms with Crippen molar-refractivity contribution in [2.24, 2.45) is 0 Å². The van der Waals surface area contributed by atoms with Gasteiger partial charge in [-0.05, 0) is 22.8 Å². The summed E-state index contributed by atoms with van der Waals surface area (Å²) in [5, 5.41) is 3.70. The third kappa shape index (κ3) is 3.06. The fourth-order valence-corrected chi connectivity index (χ4v) is 6.76. The number of rotatable bonds is 5. The van der Waals surface area contributed by atoms with Crippen molar-refractivity contribution in [3.63, 3.8) is 0 Å². The molecule has 0 aliphatic heterocycles. The van der Waals surface area contributed by atoms with Gasteiger partial charge in [-0.1, -0.05) is 91.0 Å². The minimum atomic E-state index is -2.06. The molecule has 2 nitrogen and oxygen atoms in total. The predicted molar refractivity (Wildman–Crippen MR) is 105 cm³/mol. The zero-order chi connectivity index (χ0) is 16.8. The van der Waals surface area contributed by atoms with Gasteiger partial charge in [0.2, 0.25) is 6.41 Å². The first-order valence-corrected chi connectivity index (χ1v) is 9.72. The Morgan fingerprint density at radius 1 is 0.667 bits per heavy atom. The van der Waals surface area contributed by atoms with Gasteiger partial charge >= 0.3 is 0 Å². The van der Waals surface area contributed by atoms with E-state index in [0.717, 1.165) is 6.41 Å². The Labute approximate surface area is 143 Å². The molecule has 1 amide bonds. The van der Waals surface area contributed by atoms with E-state index in [1.807, 2.05) is 18.2 Å². The van der Waals surface area contributed by atoms with Gasteiger partial charge in [0, 0.05) is 13.0 Å². The minimum Gasteiger partial charge on any atom is -0.324 e. The van der Waals surface area contributed by atoms with Gasteiger partial charge in [0.05, 0.1) is 0 Å². The molecule has 0 saturated heterocycles. The van der Waals surface area contributed by atoms with E-state index < -0.39 is 6.89 Å². The molecule has 0 bridgehead atoms. The maximum atomic E-state index is 11.4. The predicted octanol–water partition coefficient (Wildman–Crippen LogP) is 2.83. The molecular formula is C21H20NOP. The largest absolute Gasteiger partial charge is 0.324 e. The van der Waals surface area contributed by atoms with Crippen LogP contribution in [-0.4, -0.2) is 24.3 Å². The highest BCUT2D eigenvalue weighted by atomic mass is 31.2. The van der Waals surface area contributed by atoms with Gasteiger partial charge in [0.1, 0.15) is 0 Å². The lowest BCUT2D eigenvalue weighted by atomic mass is 10.4. The summed E-state index contributed by atoms with van der Waals surface area (Å²) in [6.45, 7) is -2.06. The quantitative estimate of drug-likeness (QED) is 0.519. The molecule has 0 aromatic heterocycles. The molecule has 3 heteroatoms. The smallest absolute Gasteiger partial charge is 0.213 e. The molecule has 0 atom stereocenters. The van der Waals surface area contributed by atoms with Crippen LogP contribution in [0.5, 0.6) is 0 Å². The van der Waals surface area contributed by atoms with Crippen molar-refractivity contribution >= 4 is 35.1 Å². The van der Waals surface area contributed by atoms with Gasteiger partial charge in [-0.3, -0.25) is 4.79 Å². The van der Waals surface area contributed by atoms with E-state index in [-0.39, 0.29) is 0 Å². The van der Waals surface area contributed by atoms with E-state index in [1.165, 1.54) is 15.9 Å². The molecular weight excluding hydrogens is 313 g/mol. The molecule has 0 saturated carbocycles. The third-order valence-corrected chi connectivity index (χ3v) is 8.06. The van der Waals surface area contributed by atoms with Crippen molar-refractivity contribution in [1.29, 1.82) is 0 Å². The Balaban J connectivity index is 2.42. The Bertz CT molecular complexity index is 741. The molecule has 3 aromatic carbocycles. The van der Waals surface area contributed by atoms with Crippen LogP contribution in [0.15, 0.2) is 91.0 Å². The molecule has 0 radical (unpaired) electrons. The number of carbonyl (C=O) groups is 1. The first kappa shape index (κ1) is 16.3. The first-order chi connectivity index (χ1) is 11.8. The van der Waals surface area contributed by atoms with Crippen LogP contribution >= 0.6 is 6.89 Å². The monoisotopic (exact) mass is 333 g/mol. The first-order valence-electron chi connectivity index (χ1n) is 7.86. The van der Waals surface area contributed by atoms with Crippen LogP contribution < -0.4 is 15.9 Å². The molecule has 120 valence electrons. The Morgan fingerprint density at radius 3 is 1.29 bits per heavy atom. The molecule has 3 aromatic rings. The lowest BCUT2D eigenvalue weighted by Gasteiger charge is -2.29. The molecule has 0 N–H and O–H groups in total. The zero-order valence-corrected chi connectivity index (χ0v) is 14.5. The number of amides is 1. The maximum Gasteiger partial charge on any atom is 0.213 e. The lowest BCUT2D eigenvalue weighted by Crippen LogP contribution is -2.30. The van der Waals surface area contributed by atoms with Crippen molar-refractivity contribution in [3.8, 4) is 0 Å². The fourth-order valence-electron chi connectivity index (χ4n) is 2.94. The highest BCUT2D eigenvalue weighted by Crippen LogP contribution is 2.43. The topological polar surface area (TPSA) is 20.3 Å². The van der Waals surface area contributed by atoms with Crippen LogP contribution in [0.4, 0.5) is 0 Å². The van der Waals surface area contributed by atoms with Gasteiger partial charge in [-0.15, -0.1) is 0 Å². The highest BCUT2D eigenvalue weighted by Gasteiger charge is 2.25. The summed E-state index contributed by atoms with van der Waals surface area (Å²) in [5.41, 5.74) is 0. The summed E-state index contributed by atoms with van der Waals surface area (Å²) in [6.07, 6.45) is 0.865. The standard InChI is InChI=1S/C21H20NOP/c1-22(17-23)18-24(19-11-5-2-6-12-19,20-13-7-3-8-14-20)21-15-9-4-10-16-21/h2-18H,1H3. The number of hydrogen-bond acceptors (Lipinski definition) is 1. The number of nitrogens with zero attached hydrogens (tertiary/aromatic N) is 1. The molecule has 24 heavy (non-hydrogen) atoms. The Hall–Kier alpha value is -2.57. The van der Waals surface area contributed by atoms with Crippen molar-refractivity contribution in [2.45, 2.75) is 0 Å². The lowest BCUT2D eigenvalue weighted by molar-refractivity contribution is -0.113. The summed E-state index contributed by atoms with van der Waals surface area (Å²) in [7, 11) is 1.80. The van der Waals surface area contributed by atoms with Crippen LogP contribution in [0.1, 0.15) is 0 Å².